The van der Waals surface area contributed by atoms with Crippen molar-refractivity contribution in [2.75, 3.05) is 18.0 Å². The summed E-state index contributed by atoms with van der Waals surface area (Å²) < 4.78 is 1.71. The van der Waals surface area contributed by atoms with Gasteiger partial charge in [0.2, 0.25) is 0 Å². The van der Waals surface area contributed by atoms with Gasteiger partial charge in [0.05, 0.1) is 11.8 Å². The molecule has 1 atom stereocenters. The monoisotopic (exact) mass is 296 g/mol. The number of aliphatic hydroxyl groups is 1. The van der Waals surface area contributed by atoms with E-state index in [1.54, 1.807) is 4.68 Å². The largest absolute Gasteiger partial charge is 0.391 e. The number of nitrogens with zero attached hydrogens (tertiary/aromatic N) is 6. The third kappa shape index (κ3) is 2.19. The summed E-state index contributed by atoms with van der Waals surface area (Å²) in [4.78, 5) is 10.7. The predicted molar refractivity (Wildman–Crippen MR) is 81.9 cm³/mol. The number of para-hydroxylation sites is 1. The van der Waals surface area contributed by atoms with Crippen LogP contribution < -0.4 is 4.90 Å². The summed E-state index contributed by atoms with van der Waals surface area (Å²) in [6.45, 7) is 1.44. The maximum absolute atomic E-state index is 9.87. The zero-order valence-electron chi connectivity index (χ0n) is 12.0. The fourth-order valence-corrected chi connectivity index (χ4v) is 2.86. The van der Waals surface area contributed by atoms with Crippen molar-refractivity contribution in [2.45, 2.75) is 18.9 Å². The molecule has 0 unspecified atom stereocenters. The summed E-state index contributed by atoms with van der Waals surface area (Å²) in [5.74, 6) is 0.742. The van der Waals surface area contributed by atoms with Gasteiger partial charge in [-0.3, -0.25) is 0 Å². The van der Waals surface area contributed by atoms with Crippen LogP contribution in [0.1, 0.15) is 12.8 Å². The van der Waals surface area contributed by atoms with Crippen LogP contribution in [0, 0.1) is 0 Å². The lowest BCUT2D eigenvalue weighted by Crippen LogP contribution is -2.38. The van der Waals surface area contributed by atoms with E-state index in [4.69, 9.17) is 0 Å². The molecule has 1 fully saturated rings. The first-order valence-corrected chi connectivity index (χ1v) is 7.38. The van der Waals surface area contributed by atoms with Gasteiger partial charge in [0.25, 0.3) is 0 Å². The number of aromatic nitrogens is 5. The number of fused-ring (bicyclic) bond motifs is 1. The van der Waals surface area contributed by atoms with E-state index in [-0.39, 0.29) is 6.10 Å². The molecule has 1 aliphatic heterocycles. The Morgan fingerprint density at radius 1 is 1.14 bits per heavy atom. The first kappa shape index (κ1) is 13.1. The Kier molecular flexibility index (Phi) is 3.19. The second kappa shape index (κ2) is 5.34. The smallest absolute Gasteiger partial charge is 0.189 e. The van der Waals surface area contributed by atoms with Gasteiger partial charge >= 0.3 is 0 Å². The highest BCUT2D eigenvalue weighted by atomic mass is 16.3. The molecule has 22 heavy (non-hydrogen) atoms. The Hall–Kier alpha value is -2.54. The highest BCUT2D eigenvalue weighted by Gasteiger charge is 2.23. The third-order valence-corrected chi connectivity index (χ3v) is 3.92. The molecule has 0 amide bonds. The van der Waals surface area contributed by atoms with Crippen LogP contribution in [-0.2, 0) is 0 Å². The Balaban J connectivity index is 1.80. The van der Waals surface area contributed by atoms with Crippen molar-refractivity contribution in [3.05, 3.63) is 36.7 Å². The number of benzene rings is 1. The van der Waals surface area contributed by atoms with E-state index in [9.17, 15) is 5.11 Å². The normalized spacial score (nSPS) is 18.8. The zero-order valence-corrected chi connectivity index (χ0v) is 12.0. The van der Waals surface area contributed by atoms with Gasteiger partial charge < -0.3 is 10.0 Å². The van der Waals surface area contributed by atoms with Crippen LogP contribution in [-0.4, -0.2) is 49.3 Å². The Morgan fingerprint density at radius 2 is 2.00 bits per heavy atom. The minimum absolute atomic E-state index is 0.317. The first-order valence-electron chi connectivity index (χ1n) is 7.38. The van der Waals surface area contributed by atoms with Gasteiger partial charge in [-0.05, 0) is 25.0 Å². The average Bonchev–Trinajstić information content (AvgIpc) is 2.99. The summed E-state index contributed by atoms with van der Waals surface area (Å²) >= 11 is 0. The predicted octanol–water partition coefficient (Wildman–Crippen LogP) is 1.17. The summed E-state index contributed by atoms with van der Waals surface area (Å²) in [6, 6.07) is 9.77. The molecule has 1 aromatic carbocycles. The van der Waals surface area contributed by atoms with Crippen molar-refractivity contribution in [1.82, 2.24) is 25.0 Å². The number of rotatable bonds is 2. The average molecular weight is 296 g/mol. The summed E-state index contributed by atoms with van der Waals surface area (Å²) in [6.07, 6.45) is 2.99. The lowest BCUT2D eigenvalue weighted by molar-refractivity contribution is 0.154. The molecule has 1 saturated heterocycles. The molecule has 0 aliphatic carbocycles. The van der Waals surface area contributed by atoms with Gasteiger partial charge in [0.1, 0.15) is 6.33 Å². The number of β-amino-alcohol motifs (C(OH)–C–C–N with tert-alkyl or cyclic N) is 1. The topological polar surface area (TPSA) is 80.0 Å². The third-order valence-electron chi connectivity index (χ3n) is 3.92. The van der Waals surface area contributed by atoms with Crippen LogP contribution >= 0.6 is 0 Å². The van der Waals surface area contributed by atoms with E-state index in [1.165, 1.54) is 6.33 Å². The van der Waals surface area contributed by atoms with Crippen molar-refractivity contribution in [1.29, 1.82) is 0 Å². The SMILES string of the molecule is O[C@@H]1CCCN(c2ncnc3c2nnn3-c2ccccc2)C1. The molecule has 7 nitrogen and oxygen atoms in total. The quantitative estimate of drug-likeness (QED) is 0.764. The molecule has 7 heteroatoms. The van der Waals surface area contributed by atoms with Gasteiger partial charge in [0.15, 0.2) is 17.0 Å². The van der Waals surface area contributed by atoms with Gasteiger partial charge in [-0.2, -0.15) is 4.68 Å². The molecule has 0 spiro atoms. The number of aliphatic hydroxyl groups excluding tert-OH is 1. The maximum atomic E-state index is 9.87. The first-order chi connectivity index (χ1) is 10.8. The molecular weight excluding hydrogens is 280 g/mol. The zero-order chi connectivity index (χ0) is 14.9. The highest BCUT2D eigenvalue weighted by Crippen LogP contribution is 2.25. The molecule has 3 heterocycles. The molecule has 0 saturated carbocycles. The minimum atomic E-state index is -0.317. The molecule has 3 aromatic rings. The molecular formula is C15H16N6O. The van der Waals surface area contributed by atoms with Crippen molar-refractivity contribution in [3.8, 4) is 5.69 Å². The van der Waals surface area contributed by atoms with E-state index in [0.29, 0.717) is 17.7 Å². The van der Waals surface area contributed by atoms with Gasteiger partial charge in [-0.1, -0.05) is 23.4 Å². The van der Waals surface area contributed by atoms with E-state index in [2.05, 4.69) is 25.2 Å². The molecule has 2 aromatic heterocycles. The number of anilines is 1. The van der Waals surface area contributed by atoms with E-state index >= 15 is 0 Å². The highest BCUT2D eigenvalue weighted by molar-refractivity contribution is 5.83. The van der Waals surface area contributed by atoms with Crippen LogP contribution in [0.5, 0.6) is 0 Å². The molecule has 1 N–H and O–H groups in total. The molecule has 0 bridgehead atoms. The van der Waals surface area contributed by atoms with Crippen molar-refractivity contribution >= 4 is 17.0 Å². The molecule has 4 rings (SSSR count). The minimum Gasteiger partial charge on any atom is -0.391 e. The van der Waals surface area contributed by atoms with Crippen LogP contribution in [0.25, 0.3) is 16.9 Å². The Labute approximate surface area is 127 Å². The van der Waals surface area contributed by atoms with Gasteiger partial charge in [0, 0.05) is 13.1 Å². The number of hydrogen-bond donors (Lipinski definition) is 1. The number of hydrogen-bond acceptors (Lipinski definition) is 6. The maximum Gasteiger partial charge on any atom is 0.189 e. The summed E-state index contributed by atoms with van der Waals surface area (Å²) in [7, 11) is 0. The lowest BCUT2D eigenvalue weighted by Gasteiger charge is -2.30. The van der Waals surface area contributed by atoms with Crippen LogP contribution in [0.2, 0.25) is 0 Å². The van der Waals surface area contributed by atoms with Gasteiger partial charge in [-0.25, -0.2) is 9.97 Å². The Morgan fingerprint density at radius 3 is 2.82 bits per heavy atom. The van der Waals surface area contributed by atoms with Crippen molar-refractivity contribution in [3.63, 3.8) is 0 Å². The van der Waals surface area contributed by atoms with Crippen molar-refractivity contribution < 1.29 is 5.11 Å². The van der Waals surface area contributed by atoms with E-state index in [0.717, 1.165) is 30.9 Å². The number of piperidine rings is 1. The van der Waals surface area contributed by atoms with Crippen LogP contribution in [0.15, 0.2) is 36.7 Å². The summed E-state index contributed by atoms with van der Waals surface area (Å²) in [5, 5.41) is 18.3. The summed E-state index contributed by atoms with van der Waals surface area (Å²) in [5.41, 5.74) is 2.25. The Bertz CT molecular complexity index is 787. The lowest BCUT2D eigenvalue weighted by atomic mass is 10.1. The molecule has 0 radical (unpaired) electrons. The second-order valence-electron chi connectivity index (χ2n) is 5.45. The second-order valence-corrected chi connectivity index (χ2v) is 5.45. The molecule has 1 aliphatic rings. The molecule has 112 valence electrons. The van der Waals surface area contributed by atoms with Crippen LogP contribution in [0.4, 0.5) is 5.82 Å². The fourth-order valence-electron chi connectivity index (χ4n) is 2.86. The van der Waals surface area contributed by atoms with Gasteiger partial charge in [-0.15, -0.1) is 5.10 Å². The van der Waals surface area contributed by atoms with Crippen molar-refractivity contribution in [2.24, 2.45) is 0 Å². The van der Waals surface area contributed by atoms with E-state index in [1.807, 2.05) is 30.3 Å². The standard InChI is InChI=1S/C15H16N6O/c22-12-7-4-8-20(9-12)14-13-15(17-10-16-14)21(19-18-13)11-5-2-1-3-6-11/h1-3,5-6,10,12,22H,4,7-9H2/t12-/m1/s1. The fraction of sp³-hybridized carbons (Fsp3) is 0.333. The van der Waals surface area contributed by atoms with E-state index < -0.39 is 0 Å². The van der Waals surface area contributed by atoms with Crippen LogP contribution in [0.3, 0.4) is 0 Å².